The second-order valence-electron chi connectivity index (χ2n) is 7.90. The average molecular weight is 505 g/mol. The Hall–Kier alpha value is -3.69. The first-order valence-electron chi connectivity index (χ1n) is 10.8. The zero-order valence-electron chi connectivity index (χ0n) is 19.2. The number of carbonyl (C=O) groups is 1. The summed E-state index contributed by atoms with van der Waals surface area (Å²) in [7, 11) is -3.85. The number of hydrogen-bond donors (Lipinski definition) is 2. The molecule has 0 saturated carbocycles. The second-order valence-corrected chi connectivity index (χ2v) is 10.6. The van der Waals surface area contributed by atoms with E-state index >= 15 is 0 Å². The van der Waals surface area contributed by atoms with Gasteiger partial charge in [-0.3, -0.25) is 4.79 Å². The molecule has 0 aliphatic carbocycles. The zero-order valence-corrected chi connectivity index (χ0v) is 20.9. The summed E-state index contributed by atoms with van der Waals surface area (Å²) in [4.78, 5) is 21.8. The lowest BCUT2D eigenvalue weighted by molar-refractivity contribution is 0.102. The van der Waals surface area contributed by atoms with Crippen LogP contribution in [0.25, 0.3) is 0 Å². The molecule has 9 heteroatoms. The van der Waals surface area contributed by atoms with E-state index in [1.54, 1.807) is 36.9 Å². The molecule has 0 unspecified atom stereocenters. The van der Waals surface area contributed by atoms with Gasteiger partial charge in [0, 0.05) is 33.8 Å². The van der Waals surface area contributed by atoms with Crippen LogP contribution in [-0.4, -0.2) is 24.3 Å². The van der Waals surface area contributed by atoms with E-state index in [1.807, 2.05) is 12.1 Å². The first-order valence-corrected chi connectivity index (χ1v) is 13.3. The normalized spacial score (nSPS) is 11.1. The highest BCUT2D eigenvalue weighted by atomic mass is 32.2. The number of rotatable bonds is 8. The van der Waals surface area contributed by atoms with Crippen molar-refractivity contribution in [3.63, 3.8) is 0 Å². The van der Waals surface area contributed by atoms with Crippen molar-refractivity contribution in [1.82, 2.24) is 9.97 Å². The molecule has 4 aromatic rings. The number of anilines is 2. The Bertz CT molecular complexity index is 1420. The molecule has 0 saturated heterocycles. The van der Waals surface area contributed by atoms with E-state index in [4.69, 9.17) is 0 Å². The predicted octanol–water partition coefficient (Wildman–Crippen LogP) is 5.44. The minimum atomic E-state index is -3.85. The molecule has 35 heavy (non-hydrogen) atoms. The van der Waals surface area contributed by atoms with Gasteiger partial charge in [-0.05, 0) is 74.0 Å². The van der Waals surface area contributed by atoms with Gasteiger partial charge in [0.15, 0.2) is 0 Å². The van der Waals surface area contributed by atoms with E-state index in [0.29, 0.717) is 16.9 Å². The van der Waals surface area contributed by atoms with Gasteiger partial charge in [0.1, 0.15) is 0 Å². The number of carbonyl (C=O) groups excluding carboxylic acids is 1. The summed E-state index contributed by atoms with van der Waals surface area (Å²) in [6, 6.07) is 23.4. The predicted molar refractivity (Wildman–Crippen MR) is 139 cm³/mol. The van der Waals surface area contributed by atoms with Crippen molar-refractivity contribution in [3.8, 4) is 0 Å². The number of nitrogens with one attached hydrogen (secondary N) is 2. The largest absolute Gasteiger partial charge is 0.322 e. The van der Waals surface area contributed by atoms with Crippen LogP contribution in [0.15, 0.2) is 94.9 Å². The quantitative estimate of drug-likeness (QED) is 0.310. The van der Waals surface area contributed by atoms with Crippen LogP contribution in [0.5, 0.6) is 0 Å². The minimum Gasteiger partial charge on any atom is -0.322 e. The van der Waals surface area contributed by atoms with E-state index in [-0.39, 0.29) is 16.8 Å². The fraction of sp³-hybridized carbons (Fsp3) is 0.115. The van der Waals surface area contributed by atoms with Crippen molar-refractivity contribution in [2.75, 3.05) is 10.0 Å². The van der Waals surface area contributed by atoms with Gasteiger partial charge in [0.05, 0.1) is 4.90 Å². The van der Waals surface area contributed by atoms with Gasteiger partial charge in [-0.15, -0.1) is 11.8 Å². The molecular formula is C26H24N4O3S2. The highest BCUT2D eigenvalue weighted by molar-refractivity contribution is 7.98. The molecule has 0 spiro atoms. The molecule has 1 aromatic heterocycles. The van der Waals surface area contributed by atoms with Crippen molar-refractivity contribution < 1.29 is 13.2 Å². The lowest BCUT2D eigenvalue weighted by Gasteiger charge is -2.09. The second kappa shape index (κ2) is 10.7. The van der Waals surface area contributed by atoms with E-state index in [9.17, 15) is 13.2 Å². The number of amides is 1. The number of benzene rings is 3. The van der Waals surface area contributed by atoms with Gasteiger partial charge >= 0.3 is 0 Å². The molecule has 3 aromatic carbocycles. The first-order chi connectivity index (χ1) is 16.8. The molecule has 2 N–H and O–H groups in total. The van der Waals surface area contributed by atoms with E-state index in [0.717, 1.165) is 11.3 Å². The Labute approximate surface area is 209 Å². The molecule has 0 aliphatic rings. The van der Waals surface area contributed by atoms with Crippen molar-refractivity contribution in [1.29, 1.82) is 0 Å². The Morgan fingerprint density at radius 1 is 0.886 bits per heavy atom. The SMILES string of the molecule is Cc1ccc(SCc2ccc(C(=O)Nc3ccc(S(=O)(=O)Nc4nccc(C)n4)cc3)cc2)cc1. The fourth-order valence-corrected chi connectivity index (χ4v) is 4.96. The van der Waals surface area contributed by atoms with Crippen LogP contribution >= 0.6 is 11.8 Å². The molecule has 1 amide bonds. The van der Waals surface area contributed by atoms with Crippen LogP contribution in [-0.2, 0) is 15.8 Å². The molecular weight excluding hydrogens is 480 g/mol. The van der Waals surface area contributed by atoms with Gasteiger partial charge < -0.3 is 5.32 Å². The third kappa shape index (κ3) is 6.68. The maximum absolute atomic E-state index is 12.6. The number of sulfonamides is 1. The maximum Gasteiger partial charge on any atom is 0.264 e. The van der Waals surface area contributed by atoms with E-state index in [1.165, 1.54) is 40.9 Å². The van der Waals surface area contributed by atoms with Crippen LogP contribution < -0.4 is 10.0 Å². The number of hydrogen-bond acceptors (Lipinski definition) is 6. The summed E-state index contributed by atoms with van der Waals surface area (Å²) in [5.74, 6) is 0.537. The number of thioether (sulfide) groups is 1. The topological polar surface area (TPSA) is 101 Å². The highest BCUT2D eigenvalue weighted by Crippen LogP contribution is 2.23. The summed E-state index contributed by atoms with van der Waals surface area (Å²) >= 11 is 1.74. The molecule has 0 atom stereocenters. The third-order valence-electron chi connectivity index (χ3n) is 5.09. The Balaban J connectivity index is 1.35. The molecule has 4 rings (SSSR count). The molecule has 0 radical (unpaired) electrons. The highest BCUT2D eigenvalue weighted by Gasteiger charge is 2.16. The average Bonchev–Trinajstić information content (AvgIpc) is 2.84. The van der Waals surface area contributed by atoms with Gasteiger partial charge in [-0.1, -0.05) is 29.8 Å². The Morgan fingerprint density at radius 2 is 1.57 bits per heavy atom. The van der Waals surface area contributed by atoms with Crippen molar-refractivity contribution in [3.05, 3.63) is 107 Å². The molecule has 0 fully saturated rings. The van der Waals surface area contributed by atoms with Gasteiger partial charge in [0.2, 0.25) is 5.95 Å². The smallest absolute Gasteiger partial charge is 0.264 e. The van der Waals surface area contributed by atoms with Crippen molar-refractivity contribution in [2.24, 2.45) is 0 Å². The third-order valence-corrected chi connectivity index (χ3v) is 7.51. The number of aryl methyl sites for hydroxylation is 2. The fourth-order valence-electron chi connectivity index (χ4n) is 3.15. The van der Waals surface area contributed by atoms with Gasteiger partial charge in [-0.2, -0.15) is 0 Å². The van der Waals surface area contributed by atoms with Crippen LogP contribution in [0.1, 0.15) is 27.2 Å². The first kappa shape index (κ1) is 24.4. The molecule has 178 valence electrons. The zero-order chi connectivity index (χ0) is 24.8. The lowest BCUT2D eigenvalue weighted by Crippen LogP contribution is -2.16. The van der Waals surface area contributed by atoms with Crippen molar-refractivity contribution >= 4 is 39.3 Å². The van der Waals surface area contributed by atoms with E-state index in [2.05, 4.69) is 51.2 Å². The van der Waals surface area contributed by atoms with Gasteiger partial charge in [0.25, 0.3) is 15.9 Å². The Kier molecular flexibility index (Phi) is 7.48. The number of aromatic nitrogens is 2. The monoisotopic (exact) mass is 504 g/mol. The minimum absolute atomic E-state index is 0.00286. The Morgan fingerprint density at radius 3 is 2.23 bits per heavy atom. The van der Waals surface area contributed by atoms with Crippen LogP contribution in [0, 0.1) is 13.8 Å². The summed E-state index contributed by atoms with van der Waals surface area (Å²) in [6.07, 6.45) is 1.48. The summed E-state index contributed by atoms with van der Waals surface area (Å²) in [6.45, 7) is 3.81. The van der Waals surface area contributed by atoms with Crippen LogP contribution in [0.4, 0.5) is 11.6 Å². The lowest BCUT2D eigenvalue weighted by atomic mass is 10.1. The molecule has 0 aliphatic heterocycles. The summed E-state index contributed by atoms with van der Waals surface area (Å²) < 4.78 is 27.5. The molecule has 1 heterocycles. The number of nitrogens with zero attached hydrogens (tertiary/aromatic N) is 2. The van der Waals surface area contributed by atoms with Gasteiger partial charge in [-0.25, -0.2) is 23.1 Å². The van der Waals surface area contributed by atoms with Crippen LogP contribution in [0.3, 0.4) is 0 Å². The van der Waals surface area contributed by atoms with Crippen molar-refractivity contribution in [2.45, 2.75) is 29.4 Å². The molecule has 7 nitrogen and oxygen atoms in total. The standard InChI is InChI=1S/C26H24N4O3S2/c1-18-3-11-23(12-4-18)34-17-20-5-7-21(8-6-20)25(31)29-22-9-13-24(14-10-22)35(32,33)30-26-27-16-15-19(2)28-26/h3-16H,17H2,1-2H3,(H,29,31)(H,27,28,30). The van der Waals surface area contributed by atoms with E-state index < -0.39 is 10.0 Å². The molecule has 0 bridgehead atoms. The summed E-state index contributed by atoms with van der Waals surface area (Å²) in [5, 5.41) is 2.79. The summed E-state index contributed by atoms with van der Waals surface area (Å²) in [5.41, 5.74) is 4.00. The van der Waals surface area contributed by atoms with Crippen LogP contribution in [0.2, 0.25) is 0 Å². The maximum atomic E-state index is 12.6.